The van der Waals surface area contributed by atoms with Crippen LogP contribution in [-0.2, 0) is 0 Å². The van der Waals surface area contributed by atoms with Gasteiger partial charge in [0.15, 0.2) is 0 Å². The summed E-state index contributed by atoms with van der Waals surface area (Å²) in [5.74, 6) is 1.96. The second kappa shape index (κ2) is 8.10. The molecule has 2 heterocycles. The monoisotopic (exact) mass is 361 g/mol. The summed E-state index contributed by atoms with van der Waals surface area (Å²) < 4.78 is 0. The van der Waals surface area contributed by atoms with Crippen LogP contribution in [0.2, 0.25) is 0 Å². The standard InChI is InChI=1S/C20H19N5S/c1-3-7-15(8-4-1)18-19(16-9-5-2-6-10-16)24-25-20(23-18)26-14-11-17-21-12-13-22-17/h1-10H,11-14H2,(H,21,22). The van der Waals surface area contributed by atoms with Gasteiger partial charge in [-0.25, -0.2) is 4.98 Å². The zero-order valence-corrected chi connectivity index (χ0v) is 15.1. The largest absolute Gasteiger partial charge is 0.372 e. The quantitative estimate of drug-likeness (QED) is 0.679. The van der Waals surface area contributed by atoms with Crippen LogP contribution in [-0.4, -0.2) is 39.9 Å². The van der Waals surface area contributed by atoms with Crippen LogP contribution in [0.15, 0.2) is 70.8 Å². The van der Waals surface area contributed by atoms with Gasteiger partial charge in [0.05, 0.1) is 12.4 Å². The lowest BCUT2D eigenvalue weighted by molar-refractivity contribution is 0.849. The molecule has 130 valence electrons. The average Bonchev–Trinajstić information content (AvgIpc) is 3.23. The smallest absolute Gasteiger partial charge is 0.209 e. The SMILES string of the molecule is c1ccc(-c2nnc(SCCC3=NCCN3)nc2-c2ccccc2)cc1. The Morgan fingerprint density at radius 3 is 2.19 bits per heavy atom. The van der Waals surface area contributed by atoms with E-state index in [-0.39, 0.29) is 0 Å². The lowest BCUT2D eigenvalue weighted by atomic mass is 10.0. The van der Waals surface area contributed by atoms with Crippen LogP contribution >= 0.6 is 11.8 Å². The first kappa shape index (κ1) is 16.7. The molecule has 26 heavy (non-hydrogen) atoms. The average molecular weight is 361 g/mol. The highest BCUT2D eigenvalue weighted by Gasteiger charge is 2.14. The van der Waals surface area contributed by atoms with E-state index in [4.69, 9.17) is 4.98 Å². The van der Waals surface area contributed by atoms with Gasteiger partial charge in [0.25, 0.3) is 0 Å². The van der Waals surface area contributed by atoms with E-state index >= 15 is 0 Å². The maximum Gasteiger partial charge on any atom is 0.209 e. The van der Waals surface area contributed by atoms with Gasteiger partial charge in [-0.2, -0.15) is 0 Å². The Morgan fingerprint density at radius 1 is 0.846 bits per heavy atom. The van der Waals surface area contributed by atoms with Crippen molar-refractivity contribution in [2.45, 2.75) is 11.6 Å². The highest BCUT2D eigenvalue weighted by Crippen LogP contribution is 2.29. The predicted octanol–water partition coefficient (Wildman–Crippen LogP) is 3.69. The molecule has 0 saturated carbocycles. The predicted molar refractivity (Wildman–Crippen MR) is 106 cm³/mol. The number of hydrogen-bond acceptors (Lipinski definition) is 6. The number of amidine groups is 1. The van der Waals surface area contributed by atoms with E-state index in [0.717, 1.165) is 53.6 Å². The Hall–Kier alpha value is -2.73. The van der Waals surface area contributed by atoms with Crippen molar-refractivity contribution < 1.29 is 0 Å². The molecule has 6 heteroatoms. The fourth-order valence-electron chi connectivity index (χ4n) is 2.81. The molecule has 1 aromatic heterocycles. The summed E-state index contributed by atoms with van der Waals surface area (Å²) in [4.78, 5) is 9.23. The van der Waals surface area contributed by atoms with Crippen molar-refractivity contribution in [3.05, 3.63) is 60.7 Å². The highest BCUT2D eigenvalue weighted by molar-refractivity contribution is 7.99. The lowest BCUT2D eigenvalue weighted by Crippen LogP contribution is -2.18. The van der Waals surface area contributed by atoms with Gasteiger partial charge < -0.3 is 5.32 Å². The highest BCUT2D eigenvalue weighted by atomic mass is 32.2. The van der Waals surface area contributed by atoms with Crippen molar-refractivity contribution in [1.29, 1.82) is 0 Å². The molecule has 1 aliphatic heterocycles. The molecule has 3 aromatic rings. The van der Waals surface area contributed by atoms with Crippen LogP contribution in [0.5, 0.6) is 0 Å². The fourth-order valence-corrected chi connectivity index (χ4v) is 3.55. The molecule has 1 aliphatic rings. The van der Waals surface area contributed by atoms with Gasteiger partial charge in [-0.3, -0.25) is 4.99 Å². The van der Waals surface area contributed by atoms with Crippen molar-refractivity contribution in [1.82, 2.24) is 20.5 Å². The first-order chi connectivity index (χ1) is 12.9. The Morgan fingerprint density at radius 2 is 1.54 bits per heavy atom. The van der Waals surface area contributed by atoms with Gasteiger partial charge in [0, 0.05) is 29.8 Å². The van der Waals surface area contributed by atoms with Gasteiger partial charge in [-0.15, -0.1) is 10.2 Å². The zero-order chi connectivity index (χ0) is 17.6. The molecule has 0 atom stereocenters. The second-order valence-corrected chi connectivity index (χ2v) is 6.94. The minimum absolute atomic E-state index is 0.696. The molecule has 0 bridgehead atoms. The summed E-state index contributed by atoms with van der Waals surface area (Å²) in [7, 11) is 0. The summed E-state index contributed by atoms with van der Waals surface area (Å²) in [6.45, 7) is 1.82. The van der Waals surface area contributed by atoms with E-state index in [1.807, 2.05) is 48.5 Å². The van der Waals surface area contributed by atoms with Gasteiger partial charge in [-0.1, -0.05) is 72.4 Å². The molecular weight excluding hydrogens is 342 g/mol. The van der Waals surface area contributed by atoms with E-state index in [9.17, 15) is 0 Å². The van der Waals surface area contributed by atoms with Crippen LogP contribution in [0.1, 0.15) is 6.42 Å². The van der Waals surface area contributed by atoms with E-state index in [0.29, 0.717) is 5.16 Å². The third-order valence-electron chi connectivity index (χ3n) is 4.08. The van der Waals surface area contributed by atoms with Crippen molar-refractivity contribution in [3.8, 4) is 22.5 Å². The number of thioether (sulfide) groups is 1. The first-order valence-electron chi connectivity index (χ1n) is 8.66. The normalized spacial score (nSPS) is 13.3. The fraction of sp³-hybridized carbons (Fsp3) is 0.200. The molecule has 2 aromatic carbocycles. The summed E-state index contributed by atoms with van der Waals surface area (Å²) >= 11 is 1.61. The molecule has 0 spiro atoms. The van der Waals surface area contributed by atoms with Crippen LogP contribution in [0.4, 0.5) is 0 Å². The maximum atomic E-state index is 4.81. The van der Waals surface area contributed by atoms with Gasteiger partial charge in [-0.05, 0) is 0 Å². The van der Waals surface area contributed by atoms with E-state index < -0.39 is 0 Å². The molecular formula is C20H19N5S. The van der Waals surface area contributed by atoms with Crippen molar-refractivity contribution in [2.75, 3.05) is 18.8 Å². The Kier molecular flexibility index (Phi) is 5.21. The number of hydrogen-bond donors (Lipinski definition) is 1. The molecule has 0 radical (unpaired) electrons. The second-order valence-electron chi connectivity index (χ2n) is 5.88. The molecule has 4 rings (SSSR count). The van der Waals surface area contributed by atoms with Crippen LogP contribution < -0.4 is 5.32 Å². The molecule has 0 amide bonds. The summed E-state index contributed by atoms with van der Waals surface area (Å²) in [6, 6.07) is 20.2. The maximum absolute atomic E-state index is 4.81. The third kappa shape index (κ3) is 3.91. The molecule has 0 unspecified atom stereocenters. The number of aromatic nitrogens is 3. The van der Waals surface area contributed by atoms with E-state index in [1.165, 1.54) is 0 Å². The van der Waals surface area contributed by atoms with E-state index in [2.05, 4.69) is 32.6 Å². The summed E-state index contributed by atoms with van der Waals surface area (Å²) in [5, 5.41) is 12.8. The third-order valence-corrected chi connectivity index (χ3v) is 4.91. The van der Waals surface area contributed by atoms with Crippen LogP contribution in [0.25, 0.3) is 22.5 Å². The van der Waals surface area contributed by atoms with Crippen LogP contribution in [0.3, 0.4) is 0 Å². The topological polar surface area (TPSA) is 63.1 Å². The van der Waals surface area contributed by atoms with Crippen molar-refractivity contribution >= 4 is 17.6 Å². The van der Waals surface area contributed by atoms with Crippen molar-refractivity contribution in [2.24, 2.45) is 4.99 Å². The molecule has 1 N–H and O–H groups in total. The van der Waals surface area contributed by atoms with Gasteiger partial charge in [0.1, 0.15) is 11.4 Å². The van der Waals surface area contributed by atoms with Gasteiger partial charge in [0.2, 0.25) is 5.16 Å². The number of rotatable bonds is 6. The van der Waals surface area contributed by atoms with Crippen LogP contribution in [0, 0.1) is 0 Å². The van der Waals surface area contributed by atoms with Crippen molar-refractivity contribution in [3.63, 3.8) is 0 Å². The Bertz CT molecular complexity index is 897. The molecule has 0 saturated heterocycles. The van der Waals surface area contributed by atoms with Gasteiger partial charge >= 0.3 is 0 Å². The summed E-state index contributed by atoms with van der Waals surface area (Å²) in [6.07, 6.45) is 0.898. The van der Waals surface area contributed by atoms with E-state index in [1.54, 1.807) is 11.8 Å². The number of aliphatic imine (C=N–C) groups is 1. The number of benzene rings is 2. The lowest BCUT2D eigenvalue weighted by Gasteiger charge is -2.09. The molecule has 0 aliphatic carbocycles. The number of nitrogens with one attached hydrogen (secondary N) is 1. The Labute approximate surface area is 157 Å². The minimum Gasteiger partial charge on any atom is -0.372 e. The Balaban J connectivity index is 1.61. The number of nitrogens with zero attached hydrogens (tertiary/aromatic N) is 4. The summed E-state index contributed by atoms with van der Waals surface area (Å²) in [5.41, 5.74) is 3.74. The zero-order valence-electron chi connectivity index (χ0n) is 14.3. The molecule has 5 nitrogen and oxygen atoms in total. The molecule has 0 fully saturated rings. The minimum atomic E-state index is 0.696. The first-order valence-corrected chi connectivity index (χ1v) is 9.64.